The van der Waals surface area contributed by atoms with Crippen LogP contribution in [0, 0.1) is 10.5 Å². The number of benzene rings is 1. The van der Waals surface area contributed by atoms with Gasteiger partial charge in [0.25, 0.3) is 0 Å². The van der Waals surface area contributed by atoms with E-state index < -0.39 is 0 Å². The minimum atomic E-state index is -0.352. The van der Waals surface area contributed by atoms with E-state index in [0.29, 0.717) is 10.6 Å². The van der Waals surface area contributed by atoms with Crippen molar-refractivity contribution >= 4 is 40.2 Å². The zero-order valence-electron chi connectivity index (χ0n) is 7.23. The van der Waals surface area contributed by atoms with Crippen LogP contribution in [0.2, 0.25) is 5.02 Å². The molecule has 0 spiro atoms. The van der Waals surface area contributed by atoms with E-state index in [4.69, 9.17) is 11.6 Å². The number of rotatable bonds is 1. The highest BCUT2D eigenvalue weighted by atomic mass is 127. The first-order valence-electron chi connectivity index (χ1n) is 3.60. The average Bonchev–Trinajstić information content (AvgIpc) is 2.10. The van der Waals surface area contributed by atoms with Crippen LogP contribution in [-0.2, 0) is 4.74 Å². The van der Waals surface area contributed by atoms with Gasteiger partial charge in [-0.2, -0.15) is 0 Å². The molecule has 0 saturated heterocycles. The van der Waals surface area contributed by atoms with Gasteiger partial charge in [0.1, 0.15) is 0 Å². The summed E-state index contributed by atoms with van der Waals surface area (Å²) in [6, 6.07) is 3.43. The molecule has 0 aliphatic carbocycles. The molecule has 0 saturated carbocycles. The number of esters is 1. The van der Waals surface area contributed by atoms with Gasteiger partial charge in [-0.15, -0.1) is 0 Å². The van der Waals surface area contributed by atoms with E-state index >= 15 is 0 Å². The Kier molecular flexibility index (Phi) is 3.55. The van der Waals surface area contributed by atoms with Gasteiger partial charge in [0, 0.05) is 8.59 Å². The Hall–Kier alpha value is -0.290. The van der Waals surface area contributed by atoms with Gasteiger partial charge in [0.15, 0.2) is 0 Å². The van der Waals surface area contributed by atoms with Crippen molar-refractivity contribution in [3.8, 4) is 0 Å². The van der Waals surface area contributed by atoms with E-state index in [1.807, 2.05) is 13.0 Å². The fourth-order valence-corrected chi connectivity index (χ4v) is 1.79. The molecule has 0 bridgehead atoms. The largest absolute Gasteiger partial charge is 0.465 e. The molecular weight excluding hydrogens is 302 g/mol. The summed E-state index contributed by atoms with van der Waals surface area (Å²) >= 11 is 7.91. The number of methoxy groups -OCH3 is 1. The molecule has 13 heavy (non-hydrogen) atoms. The molecular formula is C9H8ClIO2. The minimum absolute atomic E-state index is 0.352. The molecule has 0 fully saturated rings. The molecule has 1 aromatic carbocycles. The van der Waals surface area contributed by atoms with Gasteiger partial charge < -0.3 is 4.74 Å². The fraction of sp³-hybridized carbons (Fsp3) is 0.222. The van der Waals surface area contributed by atoms with Crippen molar-refractivity contribution in [2.75, 3.05) is 7.11 Å². The molecule has 0 aliphatic heterocycles. The van der Waals surface area contributed by atoms with E-state index in [-0.39, 0.29) is 5.97 Å². The summed E-state index contributed by atoms with van der Waals surface area (Å²) in [7, 11) is 1.36. The van der Waals surface area contributed by atoms with Crippen LogP contribution in [-0.4, -0.2) is 13.1 Å². The molecule has 0 heterocycles. The molecule has 0 N–H and O–H groups in total. The van der Waals surface area contributed by atoms with Crippen molar-refractivity contribution in [1.29, 1.82) is 0 Å². The Morgan fingerprint density at radius 1 is 1.54 bits per heavy atom. The van der Waals surface area contributed by atoms with Gasteiger partial charge >= 0.3 is 5.97 Å². The van der Waals surface area contributed by atoms with Crippen LogP contribution >= 0.6 is 34.2 Å². The second-order valence-electron chi connectivity index (χ2n) is 2.58. The molecule has 0 amide bonds. The van der Waals surface area contributed by atoms with Crippen molar-refractivity contribution < 1.29 is 9.53 Å². The van der Waals surface area contributed by atoms with Crippen LogP contribution in [0.25, 0.3) is 0 Å². The maximum absolute atomic E-state index is 11.3. The van der Waals surface area contributed by atoms with Crippen LogP contribution in [0.4, 0.5) is 0 Å². The molecule has 0 unspecified atom stereocenters. The van der Waals surface area contributed by atoms with Gasteiger partial charge in [-0.25, -0.2) is 4.79 Å². The predicted octanol–water partition coefficient (Wildman–Crippen LogP) is 3.04. The molecule has 0 aliphatic rings. The maximum atomic E-state index is 11.3. The van der Waals surface area contributed by atoms with Crippen molar-refractivity contribution in [2.45, 2.75) is 6.92 Å². The average molecular weight is 311 g/mol. The van der Waals surface area contributed by atoms with Crippen molar-refractivity contribution in [3.05, 3.63) is 31.9 Å². The molecule has 70 valence electrons. The summed E-state index contributed by atoms with van der Waals surface area (Å²) < 4.78 is 5.51. The molecule has 1 aromatic rings. The SMILES string of the molecule is COC(=O)c1cc(Cl)cc(C)c1I. The monoisotopic (exact) mass is 310 g/mol. The highest BCUT2D eigenvalue weighted by molar-refractivity contribution is 14.1. The Balaban J connectivity index is 3.28. The topological polar surface area (TPSA) is 26.3 Å². The molecule has 1 rings (SSSR count). The predicted molar refractivity (Wildman–Crippen MR) is 60.2 cm³/mol. The van der Waals surface area contributed by atoms with E-state index in [2.05, 4.69) is 27.3 Å². The molecule has 0 aromatic heterocycles. The highest BCUT2D eigenvalue weighted by Gasteiger charge is 2.12. The lowest BCUT2D eigenvalue weighted by molar-refractivity contribution is 0.0599. The number of aryl methyl sites for hydroxylation is 1. The molecule has 0 atom stereocenters. The maximum Gasteiger partial charge on any atom is 0.338 e. The first-order valence-corrected chi connectivity index (χ1v) is 5.06. The van der Waals surface area contributed by atoms with Crippen molar-refractivity contribution in [1.82, 2.24) is 0 Å². The number of ether oxygens (including phenoxy) is 1. The highest BCUT2D eigenvalue weighted by Crippen LogP contribution is 2.22. The van der Waals surface area contributed by atoms with Gasteiger partial charge in [0.2, 0.25) is 0 Å². The number of hydrogen-bond acceptors (Lipinski definition) is 2. The van der Waals surface area contributed by atoms with Crippen LogP contribution in [0.5, 0.6) is 0 Å². The number of carbonyl (C=O) groups is 1. The smallest absolute Gasteiger partial charge is 0.338 e. The molecule has 0 radical (unpaired) electrons. The molecule has 2 nitrogen and oxygen atoms in total. The van der Waals surface area contributed by atoms with E-state index in [1.54, 1.807) is 6.07 Å². The normalized spacial score (nSPS) is 9.85. The Morgan fingerprint density at radius 3 is 2.69 bits per heavy atom. The third kappa shape index (κ3) is 2.34. The van der Waals surface area contributed by atoms with Crippen LogP contribution < -0.4 is 0 Å². The van der Waals surface area contributed by atoms with Crippen molar-refractivity contribution in [3.63, 3.8) is 0 Å². The third-order valence-corrected chi connectivity index (χ3v) is 3.27. The summed E-state index contributed by atoms with van der Waals surface area (Å²) in [5, 5.41) is 0.554. The quantitative estimate of drug-likeness (QED) is 0.589. The van der Waals surface area contributed by atoms with Gasteiger partial charge in [-0.3, -0.25) is 0 Å². The van der Waals surface area contributed by atoms with Gasteiger partial charge in [-0.1, -0.05) is 11.6 Å². The number of carbonyl (C=O) groups excluding carboxylic acids is 1. The summed E-state index contributed by atoms with van der Waals surface area (Å²) in [6.07, 6.45) is 0. The zero-order chi connectivity index (χ0) is 10.0. The van der Waals surface area contributed by atoms with Crippen LogP contribution in [0.1, 0.15) is 15.9 Å². The lowest BCUT2D eigenvalue weighted by Gasteiger charge is -2.05. The lowest BCUT2D eigenvalue weighted by Crippen LogP contribution is -2.04. The summed E-state index contributed by atoms with van der Waals surface area (Å²) in [6.45, 7) is 1.90. The first kappa shape index (κ1) is 10.8. The second-order valence-corrected chi connectivity index (χ2v) is 4.09. The van der Waals surface area contributed by atoms with Crippen LogP contribution in [0.3, 0.4) is 0 Å². The number of hydrogen-bond donors (Lipinski definition) is 0. The summed E-state index contributed by atoms with van der Waals surface area (Å²) in [5.74, 6) is -0.352. The third-order valence-electron chi connectivity index (χ3n) is 1.62. The first-order chi connectivity index (χ1) is 6.06. The van der Waals surface area contributed by atoms with Gasteiger partial charge in [0.05, 0.1) is 12.7 Å². The van der Waals surface area contributed by atoms with E-state index in [1.165, 1.54) is 7.11 Å². The van der Waals surface area contributed by atoms with Crippen LogP contribution in [0.15, 0.2) is 12.1 Å². The Labute approximate surface area is 95.4 Å². The Morgan fingerprint density at radius 2 is 2.15 bits per heavy atom. The van der Waals surface area contributed by atoms with Crippen molar-refractivity contribution in [2.24, 2.45) is 0 Å². The van der Waals surface area contributed by atoms with E-state index in [9.17, 15) is 4.79 Å². The summed E-state index contributed by atoms with van der Waals surface area (Å²) in [4.78, 5) is 11.3. The summed E-state index contributed by atoms with van der Waals surface area (Å²) in [5.41, 5.74) is 1.50. The lowest BCUT2D eigenvalue weighted by atomic mass is 10.1. The Bertz CT molecular complexity index is 350. The fourth-order valence-electron chi connectivity index (χ4n) is 0.984. The standard InChI is InChI=1S/C9H8ClIO2/c1-5-3-6(10)4-7(8(5)11)9(12)13-2/h3-4H,1-2H3. The minimum Gasteiger partial charge on any atom is -0.465 e. The van der Waals surface area contributed by atoms with E-state index in [0.717, 1.165) is 9.13 Å². The number of halogens is 2. The molecule has 4 heteroatoms. The van der Waals surface area contributed by atoms with Gasteiger partial charge in [-0.05, 0) is 47.2 Å². The zero-order valence-corrected chi connectivity index (χ0v) is 10.1. The second kappa shape index (κ2) is 4.28.